The predicted molar refractivity (Wildman–Crippen MR) is 111 cm³/mol. The van der Waals surface area contributed by atoms with Gasteiger partial charge in [0, 0.05) is 23.2 Å². The summed E-state index contributed by atoms with van der Waals surface area (Å²) in [5.74, 6) is 0.169. The second kappa shape index (κ2) is 6.60. The molecule has 0 radical (unpaired) electrons. The molecular formula is C20H19ClN8O. The molecule has 0 aliphatic heterocycles. The summed E-state index contributed by atoms with van der Waals surface area (Å²) in [6.07, 6.45) is 7.20. The first-order chi connectivity index (χ1) is 14.3. The molecule has 1 N–H and O–H groups in total. The van der Waals surface area contributed by atoms with Crippen LogP contribution < -0.4 is 5.32 Å². The Hall–Kier alpha value is -3.33. The van der Waals surface area contributed by atoms with Crippen molar-refractivity contribution in [2.45, 2.75) is 38.5 Å². The van der Waals surface area contributed by atoms with E-state index in [1.54, 1.807) is 35.4 Å². The van der Waals surface area contributed by atoms with Crippen LogP contribution in [0.2, 0.25) is 5.15 Å². The number of anilines is 1. The number of carbonyl (C=O) groups excluding carboxylic acids is 1. The molecule has 0 saturated heterocycles. The maximum atomic E-state index is 13.2. The lowest BCUT2D eigenvalue weighted by Crippen LogP contribution is -2.22. The number of nitrogens with zero attached hydrogens (tertiary/aromatic N) is 7. The van der Waals surface area contributed by atoms with Crippen molar-refractivity contribution < 1.29 is 4.79 Å². The number of pyridine rings is 1. The predicted octanol–water partition coefficient (Wildman–Crippen LogP) is 3.07. The Morgan fingerprint density at radius 3 is 2.70 bits per heavy atom. The van der Waals surface area contributed by atoms with E-state index in [4.69, 9.17) is 11.6 Å². The van der Waals surface area contributed by atoms with E-state index >= 15 is 0 Å². The van der Waals surface area contributed by atoms with Crippen molar-refractivity contribution in [1.29, 1.82) is 0 Å². The fourth-order valence-corrected chi connectivity index (χ4v) is 4.38. The molecule has 1 aliphatic carbocycles. The normalized spacial score (nSPS) is 17.3. The first-order valence-electron chi connectivity index (χ1n) is 9.52. The zero-order chi connectivity index (χ0) is 21.0. The van der Waals surface area contributed by atoms with Gasteiger partial charge in [-0.1, -0.05) is 25.4 Å². The third kappa shape index (κ3) is 2.93. The third-order valence-electron chi connectivity index (χ3n) is 5.46. The molecule has 0 unspecified atom stereocenters. The molecule has 5 rings (SSSR count). The molecule has 1 atom stereocenters. The summed E-state index contributed by atoms with van der Waals surface area (Å²) < 4.78 is 1.75. The summed E-state index contributed by atoms with van der Waals surface area (Å²) in [7, 11) is 0. The van der Waals surface area contributed by atoms with Crippen LogP contribution in [-0.2, 0) is 10.2 Å². The van der Waals surface area contributed by atoms with Crippen molar-refractivity contribution in [3.63, 3.8) is 0 Å². The second-order valence-corrected chi connectivity index (χ2v) is 8.50. The SMILES string of the molecule is Cc1cc(NC(=O)[C@@H]2CC(C)(C)c3c2cnc2cc(Cl)nn32)cnc1-n1nccn1. The summed E-state index contributed by atoms with van der Waals surface area (Å²) in [6, 6.07) is 3.58. The Labute approximate surface area is 177 Å². The van der Waals surface area contributed by atoms with Crippen molar-refractivity contribution in [3.05, 3.63) is 58.9 Å². The van der Waals surface area contributed by atoms with Crippen molar-refractivity contribution in [3.8, 4) is 5.82 Å². The maximum absolute atomic E-state index is 13.2. The molecule has 0 bridgehead atoms. The number of rotatable bonds is 3. The quantitative estimate of drug-likeness (QED) is 0.544. The van der Waals surface area contributed by atoms with Gasteiger partial charge in [0.2, 0.25) is 5.91 Å². The van der Waals surface area contributed by atoms with Gasteiger partial charge in [-0.15, -0.1) is 4.80 Å². The summed E-state index contributed by atoms with van der Waals surface area (Å²) >= 11 is 6.08. The van der Waals surface area contributed by atoms with E-state index in [2.05, 4.69) is 44.4 Å². The van der Waals surface area contributed by atoms with Crippen molar-refractivity contribution in [2.24, 2.45) is 0 Å². The summed E-state index contributed by atoms with van der Waals surface area (Å²) in [5.41, 5.74) is 3.73. The van der Waals surface area contributed by atoms with Crippen LogP contribution in [-0.4, -0.2) is 40.5 Å². The van der Waals surface area contributed by atoms with E-state index in [0.717, 1.165) is 16.8 Å². The van der Waals surface area contributed by atoms with Gasteiger partial charge in [-0.05, 0) is 25.0 Å². The van der Waals surface area contributed by atoms with Crippen molar-refractivity contribution in [2.75, 3.05) is 5.32 Å². The first kappa shape index (κ1) is 18.7. The van der Waals surface area contributed by atoms with E-state index in [-0.39, 0.29) is 17.2 Å². The summed E-state index contributed by atoms with van der Waals surface area (Å²) in [4.78, 5) is 23.5. The molecule has 0 fully saturated rings. The van der Waals surface area contributed by atoms with Gasteiger partial charge in [-0.25, -0.2) is 14.5 Å². The minimum Gasteiger partial charge on any atom is -0.324 e. The average Bonchev–Trinajstić information content (AvgIpc) is 3.39. The molecule has 0 saturated carbocycles. The van der Waals surface area contributed by atoms with E-state index in [1.165, 1.54) is 4.80 Å². The highest BCUT2D eigenvalue weighted by Crippen LogP contribution is 2.46. The van der Waals surface area contributed by atoms with Crippen LogP contribution in [0.3, 0.4) is 0 Å². The molecule has 4 heterocycles. The fraction of sp³-hybridized carbons (Fsp3) is 0.300. The Balaban J connectivity index is 1.46. The lowest BCUT2D eigenvalue weighted by molar-refractivity contribution is -0.117. The number of halogens is 1. The second-order valence-electron chi connectivity index (χ2n) is 8.11. The van der Waals surface area contributed by atoms with Crippen LogP contribution in [0.15, 0.2) is 36.9 Å². The molecule has 152 valence electrons. The Bertz CT molecular complexity index is 1280. The number of amides is 1. The molecule has 0 aromatic carbocycles. The Morgan fingerprint density at radius 2 is 1.97 bits per heavy atom. The summed E-state index contributed by atoms with van der Waals surface area (Å²) in [6.45, 7) is 6.11. The van der Waals surface area contributed by atoms with Crippen LogP contribution in [0.25, 0.3) is 11.5 Å². The number of hydrogen-bond donors (Lipinski definition) is 1. The standard InChI is InChI=1S/C20H19ClN8O/c1-11-6-12(9-23-18(11)29-24-4-5-25-29)26-19(30)13-8-20(2,3)17-14(13)10-22-16-7-15(21)27-28(16)17/h4-7,9-10,13H,8H2,1-3H3,(H,26,30)/t13-/m1/s1. The topological polar surface area (TPSA) is 103 Å². The zero-order valence-electron chi connectivity index (χ0n) is 16.7. The largest absolute Gasteiger partial charge is 0.324 e. The first-order valence-corrected chi connectivity index (χ1v) is 9.90. The molecule has 0 spiro atoms. The van der Waals surface area contributed by atoms with Crippen LogP contribution in [0, 0.1) is 6.92 Å². The highest BCUT2D eigenvalue weighted by atomic mass is 35.5. The minimum atomic E-state index is -0.345. The molecule has 4 aromatic rings. The fourth-order valence-electron chi connectivity index (χ4n) is 4.20. The van der Waals surface area contributed by atoms with Crippen LogP contribution in [0.1, 0.15) is 43.0 Å². The summed E-state index contributed by atoms with van der Waals surface area (Å²) in [5, 5.41) is 15.9. The monoisotopic (exact) mass is 422 g/mol. The van der Waals surface area contributed by atoms with Gasteiger partial charge in [-0.3, -0.25) is 4.79 Å². The number of hydrogen-bond acceptors (Lipinski definition) is 6. The smallest absolute Gasteiger partial charge is 0.232 e. The van der Waals surface area contributed by atoms with Crippen molar-refractivity contribution in [1.82, 2.24) is 34.6 Å². The highest BCUT2D eigenvalue weighted by Gasteiger charge is 2.43. The van der Waals surface area contributed by atoms with Gasteiger partial charge >= 0.3 is 0 Å². The minimum absolute atomic E-state index is 0.104. The number of aromatic nitrogens is 7. The maximum Gasteiger partial charge on any atom is 0.232 e. The van der Waals surface area contributed by atoms with E-state index < -0.39 is 0 Å². The lowest BCUT2D eigenvalue weighted by Gasteiger charge is -2.19. The van der Waals surface area contributed by atoms with Crippen LogP contribution in [0.5, 0.6) is 0 Å². The number of nitrogens with one attached hydrogen (secondary N) is 1. The average molecular weight is 423 g/mol. The van der Waals surface area contributed by atoms with Gasteiger partial charge in [0.15, 0.2) is 16.6 Å². The van der Waals surface area contributed by atoms with Gasteiger partial charge < -0.3 is 5.32 Å². The Morgan fingerprint density at radius 1 is 1.20 bits per heavy atom. The number of carbonyl (C=O) groups is 1. The molecule has 10 heteroatoms. The molecule has 30 heavy (non-hydrogen) atoms. The number of aryl methyl sites for hydroxylation is 1. The molecular weight excluding hydrogens is 404 g/mol. The Kier molecular flexibility index (Phi) is 4.11. The van der Waals surface area contributed by atoms with E-state index in [0.29, 0.717) is 28.7 Å². The highest BCUT2D eigenvalue weighted by molar-refractivity contribution is 6.29. The van der Waals surface area contributed by atoms with Gasteiger partial charge in [0.25, 0.3) is 0 Å². The third-order valence-corrected chi connectivity index (χ3v) is 5.64. The van der Waals surface area contributed by atoms with E-state index in [9.17, 15) is 4.79 Å². The van der Waals surface area contributed by atoms with Crippen LogP contribution in [0.4, 0.5) is 5.69 Å². The van der Waals surface area contributed by atoms with Crippen LogP contribution >= 0.6 is 11.6 Å². The molecule has 4 aromatic heterocycles. The zero-order valence-corrected chi connectivity index (χ0v) is 17.4. The van der Waals surface area contributed by atoms with Crippen molar-refractivity contribution >= 4 is 28.8 Å². The van der Waals surface area contributed by atoms with Gasteiger partial charge in [0.1, 0.15) is 0 Å². The number of fused-ring (bicyclic) bond motifs is 3. The van der Waals surface area contributed by atoms with Gasteiger partial charge in [0.05, 0.1) is 35.9 Å². The van der Waals surface area contributed by atoms with Gasteiger partial charge in [-0.2, -0.15) is 15.3 Å². The molecule has 1 amide bonds. The molecule has 9 nitrogen and oxygen atoms in total. The van der Waals surface area contributed by atoms with E-state index in [1.807, 2.05) is 13.0 Å². The molecule has 1 aliphatic rings. The lowest BCUT2D eigenvalue weighted by atomic mass is 9.88.